The third-order valence-corrected chi connectivity index (χ3v) is 9.20. The smallest absolute Gasteiger partial charge is 0.296 e. The molecular weight excluding hydrogens is 506 g/mol. The number of furan rings is 1. The molecule has 1 unspecified atom stereocenters. The highest BCUT2D eigenvalue weighted by atomic mass is 32.3. The first-order valence-corrected chi connectivity index (χ1v) is 14.3. The number of aryl methyl sites for hydroxylation is 1. The highest BCUT2D eigenvalue weighted by Gasteiger charge is 2.47. The van der Waals surface area contributed by atoms with Crippen molar-refractivity contribution in [1.29, 1.82) is 0 Å². The normalized spacial score (nSPS) is 20.3. The SMILES string of the molecule is COc1cc(OC)cc(-c2cc(CCCO)c(/C=C3\SC(S(=O)(=O)O)N(C4CCCCC4)C3=O)o2)c1. The van der Waals surface area contributed by atoms with E-state index in [-0.39, 0.29) is 17.6 Å². The first kappa shape index (κ1) is 26.6. The van der Waals surface area contributed by atoms with Crippen LogP contribution in [0.5, 0.6) is 11.5 Å². The van der Waals surface area contributed by atoms with Gasteiger partial charge in [-0.1, -0.05) is 31.0 Å². The van der Waals surface area contributed by atoms with Gasteiger partial charge in [0.15, 0.2) is 0 Å². The van der Waals surface area contributed by atoms with Crippen LogP contribution in [-0.2, 0) is 21.3 Å². The number of aliphatic hydroxyl groups is 1. The topological polar surface area (TPSA) is 127 Å². The quantitative estimate of drug-likeness (QED) is 0.355. The van der Waals surface area contributed by atoms with Gasteiger partial charge in [-0.05, 0) is 49.4 Å². The molecule has 2 N–H and O–H groups in total. The zero-order valence-electron chi connectivity index (χ0n) is 20.3. The third-order valence-electron chi connectivity index (χ3n) is 6.47. The molecule has 1 saturated heterocycles. The maximum absolute atomic E-state index is 13.4. The number of nitrogens with zero attached hydrogens (tertiary/aromatic N) is 1. The van der Waals surface area contributed by atoms with Crippen LogP contribution >= 0.6 is 11.8 Å². The average Bonchev–Trinajstić information content (AvgIpc) is 3.43. The summed E-state index contributed by atoms with van der Waals surface area (Å²) in [4.78, 5) is 14.9. The average molecular weight is 538 g/mol. The summed E-state index contributed by atoms with van der Waals surface area (Å²) in [5.74, 6) is 1.65. The fraction of sp³-hybridized carbons (Fsp3) is 0.480. The summed E-state index contributed by atoms with van der Waals surface area (Å²) in [6, 6.07) is 6.93. The summed E-state index contributed by atoms with van der Waals surface area (Å²) >= 11 is 0.822. The first-order chi connectivity index (χ1) is 17.2. The number of carbonyl (C=O) groups is 1. The minimum absolute atomic E-state index is 0.0164. The number of benzene rings is 1. The maximum Gasteiger partial charge on any atom is 0.296 e. The van der Waals surface area contributed by atoms with Crippen molar-refractivity contribution in [3.8, 4) is 22.8 Å². The van der Waals surface area contributed by atoms with Crippen molar-refractivity contribution in [1.82, 2.24) is 4.90 Å². The number of amides is 1. The Morgan fingerprint density at radius 2 is 1.78 bits per heavy atom. The lowest BCUT2D eigenvalue weighted by molar-refractivity contribution is -0.128. The van der Waals surface area contributed by atoms with Gasteiger partial charge in [0.25, 0.3) is 16.0 Å². The molecule has 2 fully saturated rings. The van der Waals surface area contributed by atoms with Crippen molar-refractivity contribution in [2.24, 2.45) is 0 Å². The molecule has 196 valence electrons. The Hall–Kier alpha value is -2.47. The molecule has 36 heavy (non-hydrogen) atoms. The minimum atomic E-state index is -4.50. The molecule has 0 spiro atoms. The highest BCUT2D eigenvalue weighted by Crippen LogP contribution is 2.43. The van der Waals surface area contributed by atoms with Gasteiger partial charge >= 0.3 is 0 Å². The second-order valence-electron chi connectivity index (χ2n) is 8.88. The Morgan fingerprint density at radius 3 is 2.36 bits per heavy atom. The summed E-state index contributed by atoms with van der Waals surface area (Å²) in [7, 11) is -1.40. The largest absolute Gasteiger partial charge is 0.497 e. The van der Waals surface area contributed by atoms with Crippen molar-refractivity contribution in [3.05, 3.63) is 40.5 Å². The van der Waals surface area contributed by atoms with Crippen LogP contribution in [0.3, 0.4) is 0 Å². The molecule has 2 heterocycles. The number of rotatable bonds is 9. The molecule has 9 nitrogen and oxygen atoms in total. The molecule has 1 aromatic heterocycles. The molecule has 4 rings (SSSR count). The Balaban J connectivity index is 1.73. The van der Waals surface area contributed by atoms with Crippen LogP contribution < -0.4 is 9.47 Å². The molecule has 1 aromatic carbocycles. The molecule has 2 aliphatic rings. The van der Waals surface area contributed by atoms with Crippen LogP contribution in [0.15, 0.2) is 33.6 Å². The first-order valence-electron chi connectivity index (χ1n) is 11.9. The van der Waals surface area contributed by atoms with Crippen LogP contribution in [-0.4, -0.2) is 60.5 Å². The lowest BCUT2D eigenvalue weighted by Gasteiger charge is -2.33. The number of hydrogen-bond donors (Lipinski definition) is 2. The number of methoxy groups -OCH3 is 2. The van der Waals surface area contributed by atoms with E-state index in [4.69, 9.17) is 13.9 Å². The maximum atomic E-state index is 13.4. The number of thioether (sulfide) groups is 1. The Kier molecular flexibility index (Phi) is 8.34. The van der Waals surface area contributed by atoms with Crippen molar-refractivity contribution < 1.29 is 36.8 Å². The van der Waals surface area contributed by atoms with Crippen LogP contribution in [0.25, 0.3) is 17.4 Å². The molecule has 0 bridgehead atoms. The van der Waals surface area contributed by atoms with Gasteiger partial charge < -0.3 is 23.9 Å². The van der Waals surface area contributed by atoms with Crippen molar-refractivity contribution in [2.45, 2.75) is 55.7 Å². The van der Waals surface area contributed by atoms with Gasteiger partial charge in [0.05, 0.1) is 19.1 Å². The van der Waals surface area contributed by atoms with E-state index in [0.717, 1.165) is 36.6 Å². The van der Waals surface area contributed by atoms with Crippen LogP contribution in [0.2, 0.25) is 0 Å². The van der Waals surface area contributed by atoms with Crippen LogP contribution in [0.1, 0.15) is 49.8 Å². The minimum Gasteiger partial charge on any atom is -0.497 e. The summed E-state index contributed by atoms with van der Waals surface area (Å²) in [6.45, 7) is -0.0164. The molecule has 2 aromatic rings. The summed E-state index contributed by atoms with van der Waals surface area (Å²) < 4.78 is 49.7. The lowest BCUT2D eigenvalue weighted by atomic mass is 9.94. The second-order valence-corrected chi connectivity index (χ2v) is 11.8. The van der Waals surface area contributed by atoms with E-state index in [1.165, 1.54) is 4.90 Å². The Labute approximate surface area is 215 Å². The molecule has 1 aliphatic carbocycles. The third kappa shape index (κ3) is 5.74. The van der Waals surface area contributed by atoms with E-state index in [2.05, 4.69) is 0 Å². The molecule has 1 saturated carbocycles. The zero-order chi connectivity index (χ0) is 25.9. The van der Waals surface area contributed by atoms with Crippen molar-refractivity contribution >= 4 is 33.9 Å². The van der Waals surface area contributed by atoms with Gasteiger partial charge in [-0.25, -0.2) is 0 Å². The molecule has 0 radical (unpaired) electrons. The Morgan fingerprint density at radius 1 is 1.11 bits per heavy atom. The van der Waals surface area contributed by atoms with Crippen LogP contribution in [0, 0.1) is 0 Å². The Bertz CT molecular complexity index is 1210. The predicted molar refractivity (Wildman–Crippen MR) is 137 cm³/mol. The zero-order valence-corrected chi connectivity index (χ0v) is 21.9. The molecule has 1 amide bonds. The van der Waals surface area contributed by atoms with E-state index < -0.39 is 20.7 Å². The van der Waals surface area contributed by atoms with Crippen molar-refractivity contribution in [3.63, 3.8) is 0 Å². The lowest BCUT2D eigenvalue weighted by Crippen LogP contribution is -2.45. The summed E-state index contributed by atoms with van der Waals surface area (Å²) in [5.41, 5.74) is 1.47. The fourth-order valence-electron chi connectivity index (χ4n) is 4.68. The van der Waals surface area contributed by atoms with Gasteiger partial charge in [0.1, 0.15) is 23.0 Å². The summed E-state index contributed by atoms with van der Waals surface area (Å²) in [5, 5.41) is 9.37. The summed E-state index contributed by atoms with van der Waals surface area (Å²) in [6.07, 6.45) is 6.80. The van der Waals surface area contributed by atoms with Crippen molar-refractivity contribution in [2.75, 3.05) is 20.8 Å². The van der Waals surface area contributed by atoms with E-state index in [1.54, 1.807) is 38.5 Å². The van der Waals surface area contributed by atoms with Gasteiger partial charge in [-0.15, -0.1) is 0 Å². The monoisotopic (exact) mass is 537 g/mol. The van der Waals surface area contributed by atoms with Gasteiger partial charge in [0, 0.05) is 30.4 Å². The van der Waals surface area contributed by atoms with E-state index in [9.17, 15) is 22.9 Å². The van der Waals surface area contributed by atoms with Gasteiger partial charge in [-0.2, -0.15) is 8.42 Å². The number of hydrogen-bond acceptors (Lipinski definition) is 8. The molecular formula is C25H31NO8S2. The number of carbonyl (C=O) groups excluding carboxylic acids is 1. The van der Waals surface area contributed by atoms with E-state index >= 15 is 0 Å². The standard InChI is InChI=1S/C25H31NO8S2/c1-32-19-11-17(12-20(14-19)33-2)21-13-16(7-6-10-27)22(34-21)15-23-24(28)26(18-8-4-3-5-9-18)25(35-23)36(29,30)31/h11-15,18,25,27H,3-10H2,1-2H3,(H,29,30,31)/b23-15-. The molecule has 1 aliphatic heterocycles. The van der Waals surface area contributed by atoms with Gasteiger partial charge in [-0.3, -0.25) is 9.35 Å². The molecule has 11 heteroatoms. The predicted octanol–water partition coefficient (Wildman–Crippen LogP) is 4.31. The fourth-order valence-corrected chi connectivity index (χ4v) is 7.01. The number of aliphatic hydroxyl groups excluding tert-OH is 1. The molecule has 1 atom stereocenters. The highest BCUT2D eigenvalue weighted by molar-refractivity contribution is 8.15. The van der Waals surface area contributed by atoms with E-state index in [0.29, 0.717) is 54.3 Å². The van der Waals surface area contributed by atoms with Gasteiger partial charge in [0.2, 0.25) is 4.71 Å². The van der Waals surface area contributed by atoms with Crippen LogP contribution in [0.4, 0.5) is 0 Å². The van der Waals surface area contributed by atoms with E-state index in [1.807, 2.05) is 6.07 Å². The number of ether oxygens (including phenoxy) is 2. The second kappa shape index (κ2) is 11.3.